The van der Waals surface area contributed by atoms with E-state index in [1.165, 1.54) is 54.6 Å². The van der Waals surface area contributed by atoms with Crippen LogP contribution in [-0.4, -0.2) is 0 Å². The zero-order valence-electron chi connectivity index (χ0n) is 15.8. The lowest BCUT2D eigenvalue weighted by molar-refractivity contribution is 0.836. The van der Waals surface area contributed by atoms with Crippen LogP contribution in [0.5, 0.6) is 0 Å². The SMILES string of the molecule is Cc1ccc(-c2ccc3ccc4c(C(C)(C)I)ccc5ccc2c3c54)cc1. The van der Waals surface area contributed by atoms with Crippen molar-refractivity contribution in [1.82, 2.24) is 0 Å². The number of hydrogen-bond donors (Lipinski definition) is 0. The Hall–Kier alpha value is -2.13. The molecular formula is C26H21I. The number of alkyl halides is 1. The topological polar surface area (TPSA) is 0 Å². The molecule has 132 valence electrons. The molecule has 0 saturated carbocycles. The summed E-state index contributed by atoms with van der Waals surface area (Å²) < 4.78 is 0.0971. The van der Waals surface area contributed by atoms with Gasteiger partial charge in [0.15, 0.2) is 0 Å². The van der Waals surface area contributed by atoms with Gasteiger partial charge in [-0.25, -0.2) is 0 Å². The molecule has 0 radical (unpaired) electrons. The lowest BCUT2D eigenvalue weighted by Gasteiger charge is -2.22. The average Bonchev–Trinajstić information content (AvgIpc) is 2.65. The van der Waals surface area contributed by atoms with Crippen LogP contribution < -0.4 is 0 Å². The molecular weight excluding hydrogens is 439 g/mol. The molecule has 1 heteroatoms. The van der Waals surface area contributed by atoms with Gasteiger partial charge in [-0.3, -0.25) is 0 Å². The fourth-order valence-corrected chi connectivity index (χ4v) is 4.77. The zero-order chi connectivity index (χ0) is 18.8. The smallest absolute Gasteiger partial charge is 0.0420 e. The molecule has 0 aromatic heterocycles. The summed E-state index contributed by atoms with van der Waals surface area (Å²) in [7, 11) is 0. The minimum Gasteiger partial charge on any atom is -0.0742 e. The molecule has 0 amide bonds. The number of benzene rings is 5. The van der Waals surface area contributed by atoms with Crippen LogP contribution in [0.25, 0.3) is 43.4 Å². The highest BCUT2D eigenvalue weighted by Gasteiger charge is 2.21. The van der Waals surface area contributed by atoms with Crippen LogP contribution in [0.1, 0.15) is 25.0 Å². The molecule has 0 bridgehead atoms. The van der Waals surface area contributed by atoms with Crippen molar-refractivity contribution in [2.45, 2.75) is 24.2 Å². The molecule has 0 N–H and O–H groups in total. The summed E-state index contributed by atoms with van der Waals surface area (Å²) in [5.41, 5.74) is 5.31. The van der Waals surface area contributed by atoms with Crippen molar-refractivity contribution in [3.63, 3.8) is 0 Å². The molecule has 0 heterocycles. The van der Waals surface area contributed by atoms with Gasteiger partial charge in [0, 0.05) is 3.42 Å². The van der Waals surface area contributed by atoms with Crippen LogP contribution in [0.15, 0.2) is 72.8 Å². The second-order valence-corrected chi connectivity index (χ2v) is 10.7. The minimum atomic E-state index is 0.0971. The first-order chi connectivity index (χ1) is 12.9. The van der Waals surface area contributed by atoms with Crippen molar-refractivity contribution in [2.24, 2.45) is 0 Å². The second-order valence-electron chi connectivity index (χ2n) is 7.99. The Morgan fingerprint density at radius 3 is 1.85 bits per heavy atom. The fraction of sp³-hybridized carbons (Fsp3) is 0.154. The molecule has 0 aliphatic heterocycles. The Morgan fingerprint density at radius 1 is 0.630 bits per heavy atom. The van der Waals surface area contributed by atoms with E-state index in [0.29, 0.717) is 0 Å². The van der Waals surface area contributed by atoms with Crippen LogP contribution in [0, 0.1) is 6.92 Å². The van der Waals surface area contributed by atoms with E-state index in [0.717, 1.165) is 0 Å². The van der Waals surface area contributed by atoms with E-state index in [-0.39, 0.29) is 3.42 Å². The molecule has 5 aromatic carbocycles. The highest BCUT2D eigenvalue weighted by Crippen LogP contribution is 2.43. The van der Waals surface area contributed by atoms with Crippen molar-refractivity contribution in [3.05, 3.63) is 83.9 Å². The van der Waals surface area contributed by atoms with Gasteiger partial charge in [0.2, 0.25) is 0 Å². The summed E-state index contributed by atoms with van der Waals surface area (Å²) in [5.74, 6) is 0. The Labute approximate surface area is 173 Å². The predicted octanol–water partition coefficient (Wildman–Crippen LogP) is 8.23. The maximum Gasteiger partial charge on any atom is 0.0420 e. The van der Waals surface area contributed by atoms with Crippen molar-refractivity contribution >= 4 is 54.9 Å². The summed E-state index contributed by atoms with van der Waals surface area (Å²) in [6.07, 6.45) is 0. The van der Waals surface area contributed by atoms with Crippen molar-refractivity contribution < 1.29 is 0 Å². The van der Waals surface area contributed by atoms with Crippen molar-refractivity contribution in [1.29, 1.82) is 0 Å². The number of halogens is 1. The summed E-state index contributed by atoms with van der Waals surface area (Å²) in [5, 5.41) is 8.17. The van der Waals surface area contributed by atoms with E-state index >= 15 is 0 Å². The number of aryl methyl sites for hydroxylation is 1. The molecule has 5 aromatic rings. The molecule has 27 heavy (non-hydrogen) atoms. The average molecular weight is 460 g/mol. The Morgan fingerprint density at radius 2 is 1.19 bits per heavy atom. The monoisotopic (exact) mass is 460 g/mol. The third kappa shape index (κ3) is 2.63. The molecule has 5 rings (SSSR count). The van der Waals surface area contributed by atoms with Gasteiger partial charge >= 0.3 is 0 Å². The Bertz CT molecular complexity index is 1290. The second kappa shape index (κ2) is 5.93. The molecule has 0 fully saturated rings. The standard InChI is InChI=1S/C26H21I/c1-16-4-6-17(7-5-16)20-12-8-18-10-14-22-23(26(2,3)27)15-11-19-9-13-21(20)24(18)25(19)22/h4-15H,1-3H3. The quantitative estimate of drug-likeness (QED) is 0.141. The van der Waals surface area contributed by atoms with Gasteiger partial charge in [-0.05, 0) is 69.8 Å². The first-order valence-electron chi connectivity index (χ1n) is 9.40. The van der Waals surface area contributed by atoms with Gasteiger partial charge in [-0.15, -0.1) is 0 Å². The third-order valence-corrected chi connectivity index (χ3v) is 6.25. The van der Waals surface area contributed by atoms with Crippen LogP contribution >= 0.6 is 22.6 Å². The van der Waals surface area contributed by atoms with Gasteiger partial charge < -0.3 is 0 Å². The van der Waals surface area contributed by atoms with Gasteiger partial charge in [0.25, 0.3) is 0 Å². The van der Waals surface area contributed by atoms with Crippen molar-refractivity contribution in [3.8, 4) is 11.1 Å². The molecule has 0 aliphatic rings. The summed E-state index contributed by atoms with van der Waals surface area (Å²) in [6.45, 7) is 6.72. The zero-order valence-corrected chi connectivity index (χ0v) is 18.0. The minimum absolute atomic E-state index is 0.0971. The highest BCUT2D eigenvalue weighted by molar-refractivity contribution is 14.1. The lowest BCUT2D eigenvalue weighted by atomic mass is 9.86. The summed E-state index contributed by atoms with van der Waals surface area (Å²) >= 11 is 2.55. The van der Waals surface area contributed by atoms with E-state index in [9.17, 15) is 0 Å². The van der Waals surface area contributed by atoms with E-state index in [2.05, 4.69) is 116 Å². The van der Waals surface area contributed by atoms with Gasteiger partial charge in [0.05, 0.1) is 0 Å². The van der Waals surface area contributed by atoms with Crippen molar-refractivity contribution in [2.75, 3.05) is 0 Å². The number of rotatable bonds is 2. The normalized spacial score (nSPS) is 12.4. The van der Waals surface area contributed by atoms with Crippen LogP contribution in [0.4, 0.5) is 0 Å². The van der Waals surface area contributed by atoms with Gasteiger partial charge in [-0.2, -0.15) is 0 Å². The fourth-order valence-electron chi connectivity index (χ4n) is 4.30. The molecule has 0 atom stereocenters. The largest absolute Gasteiger partial charge is 0.0742 e. The maximum atomic E-state index is 2.55. The Kier molecular flexibility index (Phi) is 3.74. The summed E-state index contributed by atoms with van der Waals surface area (Å²) in [4.78, 5) is 0. The third-order valence-electron chi connectivity index (χ3n) is 5.67. The first-order valence-corrected chi connectivity index (χ1v) is 10.5. The van der Waals surface area contributed by atoms with E-state index in [1.54, 1.807) is 0 Å². The van der Waals surface area contributed by atoms with Gasteiger partial charge in [0.1, 0.15) is 0 Å². The van der Waals surface area contributed by atoms with Crippen LogP contribution in [0.3, 0.4) is 0 Å². The first kappa shape index (κ1) is 17.0. The van der Waals surface area contributed by atoms with E-state index < -0.39 is 0 Å². The molecule has 0 unspecified atom stereocenters. The molecule has 0 aliphatic carbocycles. The molecule has 0 spiro atoms. The van der Waals surface area contributed by atoms with E-state index in [1.807, 2.05) is 0 Å². The molecule has 0 saturated heterocycles. The summed E-state index contributed by atoms with van der Waals surface area (Å²) in [6, 6.07) is 27.2. The molecule has 0 nitrogen and oxygen atoms in total. The Balaban J connectivity index is 1.94. The lowest BCUT2D eigenvalue weighted by Crippen LogP contribution is -2.07. The maximum absolute atomic E-state index is 2.55. The van der Waals surface area contributed by atoms with Gasteiger partial charge in [-0.1, -0.05) is 101 Å². The van der Waals surface area contributed by atoms with Crippen LogP contribution in [-0.2, 0) is 3.42 Å². The number of hydrogen-bond acceptors (Lipinski definition) is 0. The van der Waals surface area contributed by atoms with Crippen LogP contribution in [0.2, 0.25) is 0 Å². The predicted molar refractivity (Wildman–Crippen MR) is 127 cm³/mol. The van der Waals surface area contributed by atoms with E-state index in [4.69, 9.17) is 0 Å². The highest BCUT2D eigenvalue weighted by atomic mass is 127.